The fraction of sp³-hybridized carbons (Fsp3) is 0.133. The molecule has 4 nitrogen and oxygen atoms in total. The maximum atomic E-state index is 13.5. The highest BCUT2D eigenvalue weighted by molar-refractivity contribution is 6.30. The molecule has 0 aromatic heterocycles. The van der Waals surface area contributed by atoms with E-state index >= 15 is 0 Å². The van der Waals surface area contributed by atoms with Crippen molar-refractivity contribution in [3.63, 3.8) is 0 Å². The number of benzene rings is 2. The first-order chi connectivity index (χ1) is 10.0. The van der Waals surface area contributed by atoms with E-state index in [0.29, 0.717) is 16.5 Å². The van der Waals surface area contributed by atoms with Crippen LogP contribution in [0.25, 0.3) is 0 Å². The summed E-state index contributed by atoms with van der Waals surface area (Å²) >= 11 is 5.77. The van der Waals surface area contributed by atoms with Gasteiger partial charge in [0.2, 0.25) is 0 Å². The van der Waals surface area contributed by atoms with Gasteiger partial charge in [-0.2, -0.15) is 0 Å². The van der Waals surface area contributed by atoms with Gasteiger partial charge in [-0.15, -0.1) is 0 Å². The van der Waals surface area contributed by atoms with Gasteiger partial charge in [0.15, 0.2) is 0 Å². The third kappa shape index (κ3) is 3.64. The second-order valence-corrected chi connectivity index (χ2v) is 4.71. The van der Waals surface area contributed by atoms with E-state index in [1.807, 2.05) is 0 Å². The summed E-state index contributed by atoms with van der Waals surface area (Å²) in [6.07, 6.45) is 0. The molecule has 0 saturated heterocycles. The Labute approximate surface area is 126 Å². The van der Waals surface area contributed by atoms with Crippen LogP contribution in [0.1, 0.15) is 15.9 Å². The predicted octanol–water partition coefficient (Wildman–Crippen LogP) is 3.43. The van der Waals surface area contributed by atoms with Crippen molar-refractivity contribution in [2.75, 3.05) is 12.8 Å². The van der Waals surface area contributed by atoms with Crippen molar-refractivity contribution < 1.29 is 18.7 Å². The van der Waals surface area contributed by atoms with E-state index < -0.39 is 11.8 Å². The third-order valence-corrected chi connectivity index (χ3v) is 3.07. The van der Waals surface area contributed by atoms with Crippen LogP contribution in [0.3, 0.4) is 0 Å². The van der Waals surface area contributed by atoms with E-state index in [1.165, 1.54) is 37.4 Å². The topological polar surface area (TPSA) is 61.5 Å². The number of nitrogen functional groups attached to an aromatic ring is 1. The number of rotatable bonds is 4. The molecule has 0 unspecified atom stereocenters. The average molecular weight is 310 g/mol. The Hall–Kier alpha value is -2.27. The second kappa shape index (κ2) is 6.45. The molecular formula is C15H13ClFNO3. The SMILES string of the molecule is COc1ccc(C(=O)OCc2cc(Cl)ccc2F)cc1N. The van der Waals surface area contributed by atoms with Crippen molar-refractivity contribution in [1.29, 1.82) is 0 Å². The van der Waals surface area contributed by atoms with Gasteiger partial charge in [-0.25, -0.2) is 9.18 Å². The van der Waals surface area contributed by atoms with Gasteiger partial charge in [-0.1, -0.05) is 11.6 Å². The van der Waals surface area contributed by atoms with Crippen LogP contribution in [-0.4, -0.2) is 13.1 Å². The first kappa shape index (κ1) is 15.1. The molecule has 0 saturated carbocycles. The maximum absolute atomic E-state index is 13.5. The van der Waals surface area contributed by atoms with Gasteiger partial charge >= 0.3 is 5.97 Å². The fourth-order valence-electron chi connectivity index (χ4n) is 1.74. The van der Waals surface area contributed by atoms with Crippen LogP contribution in [0, 0.1) is 5.82 Å². The highest BCUT2D eigenvalue weighted by atomic mass is 35.5. The predicted molar refractivity (Wildman–Crippen MR) is 77.9 cm³/mol. The molecule has 6 heteroatoms. The molecule has 21 heavy (non-hydrogen) atoms. The monoisotopic (exact) mass is 309 g/mol. The molecule has 2 N–H and O–H groups in total. The summed E-state index contributed by atoms with van der Waals surface area (Å²) in [5.74, 6) is -0.627. The molecule has 110 valence electrons. The Morgan fingerprint density at radius 3 is 2.71 bits per heavy atom. The largest absolute Gasteiger partial charge is 0.495 e. The number of hydrogen-bond donors (Lipinski definition) is 1. The summed E-state index contributed by atoms with van der Waals surface area (Å²) in [6, 6.07) is 8.57. The Morgan fingerprint density at radius 2 is 2.05 bits per heavy atom. The number of nitrogens with two attached hydrogens (primary N) is 1. The second-order valence-electron chi connectivity index (χ2n) is 4.27. The molecule has 0 spiro atoms. The Morgan fingerprint density at radius 1 is 1.29 bits per heavy atom. The quantitative estimate of drug-likeness (QED) is 0.694. The number of hydrogen-bond acceptors (Lipinski definition) is 4. The molecule has 0 fully saturated rings. The lowest BCUT2D eigenvalue weighted by atomic mass is 10.2. The minimum Gasteiger partial charge on any atom is -0.495 e. The van der Waals surface area contributed by atoms with Crippen molar-refractivity contribution in [3.8, 4) is 5.75 Å². The lowest BCUT2D eigenvalue weighted by Crippen LogP contribution is -2.07. The summed E-state index contributed by atoms with van der Waals surface area (Å²) in [6.45, 7) is -0.211. The number of carbonyl (C=O) groups is 1. The number of ether oxygens (including phenoxy) is 2. The summed E-state index contributed by atoms with van der Waals surface area (Å²) in [5, 5.41) is 0.371. The van der Waals surface area contributed by atoms with Gasteiger partial charge in [0.25, 0.3) is 0 Å². The Bertz CT molecular complexity index is 676. The third-order valence-electron chi connectivity index (χ3n) is 2.83. The molecule has 0 heterocycles. The fourth-order valence-corrected chi connectivity index (χ4v) is 1.94. The van der Waals surface area contributed by atoms with Crippen molar-refractivity contribution in [2.24, 2.45) is 0 Å². The van der Waals surface area contributed by atoms with Crippen LogP contribution in [-0.2, 0) is 11.3 Å². The van der Waals surface area contributed by atoms with E-state index in [-0.39, 0.29) is 17.7 Å². The minimum atomic E-state index is -0.608. The number of halogens is 2. The van der Waals surface area contributed by atoms with Gasteiger partial charge in [-0.3, -0.25) is 0 Å². The number of anilines is 1. The van der Waals surface area contributed by atoms with Crippen molar-refractivity contribution in [3.05, 3.63) is 58.4 Å². The zero-order valence-corrected chi connectivity index (χ0v) is 12.0. The van der Waals surface area contributed by atoms with Crippen LogP contribution < -0.4 is 10.5 Å². The zero-order valence-electron chi connectivity index (χ0n) is 11.2. The molecular weight excluding hydrogens is 297 g/mol. The van der Waals surface area contributed by atoms with E-state index in [2.05, 4.69) is 0 Å². The molecule has 0 aliphatic heterocycles. The minimum absolute atomic E-state index is 0.206. The molecule has 0 amide bonds. The highest BCUT2D eigenvalue weighted by Crippen LogP contribution is 2.23. The van der Waals surface area contributed by atoms with Crippen molar-refractivity contribution >= 4 is 23.3 Å². The first-order valence-corrected chi connectivity index (χ1v) is 6.43. The molecule has 0 atom stereocenters. The summed E-state index contributed by atoms with van der Waals surface area (Å²) < 4.78 is 23.5. The smallest absolute Gasteiger partial charge is 0.338 e. The van der Waals surface area contributed by atoms with Crippen molar-refractivity contribution in [2.45, 2.75) is 6.61 Å². The van der Waals surface area contributed by atoms with Crippen molar-refractivity contribution in [1.82, 2.24) is 0 Å². The van der Waals surface area contributed by atoms with Gasteiger partial charge < -0.3 is 15.2 Å². The highest BCUT2D eigenvalue weighted by Gasteiger charge is 2.12. The van der Waals surface area contributed by atoms with Crippen LogP contribution in [0.2, 0.25) is 5.02 Å². The number of methoxy groups -OCH3 is 1. The summed E-state index contributed by atoms with van der Waals surface area (Å²) in [7, 11) is 1.48. The normalized spacial score (nSPS) is 10.2. The average Bonchev–Trinajstić information content (AvgIpc) is 2.47. The first-order valence-electron chi connectivity index (χ1n) is 6.06. The van der Waals surface area contributed by atoms with Crippen LogP contribution >= 0.6 is 11.6 Å². The van der Waals surface area contributed by atoms with Gasteiger partial charge in [0.05, 0.1) is 18.4 Å². The maximum Gasteiger partial charge on any atom is 0.338 e. The van der Waals surface area contributed by atoms with Crippen LogP contribution in [0.15, 0.2) is 36.4 Å². The van der Waals surface area contributed by atoms with E-state index in [4.69, 9.17) is 26.8 Å². The standard InChI is InChI=1S/C15H13ClFNO3/c1-20-14-5-2-9(7-13(14)18)15(19)21-8-10-6-11(16)3-4-12(10)17/h2-7H,8,18H2,1H3. The lowest BCUT2D eigenvalue weighted by Gasteiger charge is -2.08. The molecule has 0 radical (unpaired) electrons. The van der Waals surface area contributed by atoms with E-state index in [0.717, 1.165) is 0 Å². The Balaban J connectivity index is 2.08. The lowest BCUT2D eigenvalue weighted by molar-refractivity contribution is 0.0469. The van der Waals surface area contributed by atoms with E-state index in [9.17, 15) is 9.18 Å². The van der Waals surface area contributed by atoms with E-state index in [1.54, 1.807) is 6.07 Å². The van der Waals surface area contributed by atoms with Gasteiger partial charge in [0, 0.05) is 10.6 Å². The van der Waals surface area contributed by atoms with Crippen LogP contribution in [0.4, 0.5) is 10.1 Å². The number of esters is 1. The molecule has 0 aliphatic carbocycles. The Kier molecular flexibility index (Phi) is 4.65. The van der Waals surface area contributed by atoms with Gasteiger partial charge in [0.1, 0.15) is 18.2 Å². The van der Waals surface area contributed by atoms with Crippen LogP contribution in [0.5, 0.6) is 5.75 Å². The molecule has 0 aliphatic rings. The summed E-state index contributed by atoms with van der Waals surface area (Å²) in [4.78, 5) is 11.9. The molecule has 0 bridgehead atoms. The molecule has 2 rings (SSSR count). The van der Waals surface area contributed by atoms with Gasteiger partial charge in [-0.05, 0) is 36.4 Å². The number of carbonyl (C=O) groups excluding carboxylic acids is 1. The zero-order chi connectivity index (χ0) is 15.4. The summed E-state index contributed by atoms with van der Waals surface area (Å²) in [5.41, 5.74) is 6.50. The molecule has 2 aromatic carbocycles. The molecule has 2 aromatic rings.